The summed E-state index contributed by atoms with van der Waals surface area (Å²) in [6, 6.07) is 5.77. The van der Waals surface area contributed by atoms with Gasteiger partial charge in [-0.05, 0) is 24.6 Å². The minimum Gasteiger partial charge on any atom is -0.493 e. The number of nitrogens with zero attached hydrogens (tertiary/aromatic N) is 2. The minimum atomic E-state index is 0.335. The summed E-state index contributed by atoms with van der Waals surface area (Å²) in [6.07, 6.45) is 1.93. The zero-order chi connectivity index (χ0) is 14.1. The number of aromatic nitrogens is 2. The topological polar surface area (TPSA) is 35.8 Å². The standard InChI is InChI=1S/C14H13ClN2O2S/c1-9-3-4-11(12(7-9)18-2)19-13-10(8-15)17-5-6-20-14(17)16-13/h3-7H,8H2,1-2H3. The van der Waals surface area contributed by atoms with Crippen LogP contribution >= 0.6 is 22.9 Å². The van der Waals surface area contributed by atoms with Crippen LogP contribution in [0, 0.1) is 6.92 Å². The van der Waals surface area contributed by atoms with Gasteiger partial charge in [-0.1, -0.05) is 6.07 Å². The fourth-order valence-corrected chi connectivity index (χ4v) is 2.95. The number of ether oxygens (including phenoxy) is 2. The van der Waals surface area contributed by atoms with Crippen molar-refractivity contribution in [3.8, 4) is 17.4 Å². The number of thiazole rings is 1. The third-order valence-corrected chi connectivity index (χ3v) is 3.99. The molecule has 20 heavy (non-hydrogen) atoms. The second kappa shape index (κ2) is 5.34. The number of imidazole rings is 1. The summed E-state index contributed by atoms with van der Waals surface area (Å²) < 4.78 is 13.2. The zero-order valence-corrected chi connectivity index (χ0v) is 12.7. The maximum Gasteiger partial charge on any atom is 0.243 e. The monoisotopic (exact) mass is 308 g/mol. The van der Waals surface area contributed by atoms with Gasteiger partial charge in [0.1, 0.15) is 5.69 Å². The first-order valence-corrected chi connectivity index (χ1v) is 7.47. The molecule has 0 aliphatic carbocycles. The van der Waals surface area contributed by atoms with Crippen LogP contribution in [0.3, 0.4) is 0 Å². The summed E-state index contributed by atoms with van der Waals surface area (Å²) in [5, 5.41) is 1.97. The fourth-order valence-electron chi connectivity index (χ4n) is 1.98. The summed E-state index contributed by atoms with van der Waals surface area (Å²) in [6.45, 7) is 2.00. The van der Waals surface area contributed by atoms with E-state index in [-0.39, 0.29) is 0 Å². The molecule has 0 bridgehead atoms. The molecule has 0 unspecified atom stereocenters. The van der Waals surface area contributed by atoms with Gasteiger partial charge in [0.2, 0.25) is 5.88 Å². The summed E-state index contributed by atoms with van der Waals surface area (Å²) >= 11 is 7.55. The Bertz CT molecular complexity index is 751. The van der Waals surface area contributed by atoms with E-state index in [2.05, 4.69) is 4.98 Å². The van der Waals surface area contributed by atoms with E-state index in [9.17, 15) is 0 Å². The third-order valence-electron chi connectivity index (χ3n) is 2.98. The Morgan fingerprint density at radius 2 is 2.20 bits per heavy atom. The number of alkyl halides is 1. The van der Waals surface area contributed by atoms with E-state index < -0.39 is 0 Å². The van der Waals surface area contributed by atoms with Crippen LogP contribution in [-0.2, 0) is 5.88 Å². The van der Waals surface area contributed by atoms with Crippen molar-refractivity contribution < 1.29 is 9.47 Å². The molecule has 104 valence electrons. The van der Waals surface area contributed by atoms with E-state index in [0.29, 0.717) is 23.3 Å². The molecule has 2 heterocycles. The molecule has 1 aromatic carbocycles. The van der Waals surface area contributed by atoms with Gasteiger partial charge in [-0.2, -0.15) is 4.98 Å². The predicted molar refractivity (Wildman–Crippen MR) is 80.4 cm³/mol. The second-order valence-corrected chi connectivity index (χ2v) is 5.45. The van der Waals surface area contributed by atoms with Crippen LogP contribution < -0.4 is 9.47 Å². The van der Waals surface area contributed by atoms with Crippen LogP contribution in [0.15, 0.2) is 29.8 Å². The first-order chi connectivity index (χ1) is 9.72. The molecule has 6 heteroatoms. The van der Waals surface area contributed by atoms with Gasteiger partial charge in [-0.15, -0.1) is 22.9 Å². The van der Waals surface area contributed by atoms with E-state index in [1.807, 2.05) is 41.1 Å². The number of halogens is 1. The SMILES string of the molecule is COc1cc(C)ccc1Oc1nc2sccn2c1CCl. The van der Waals surface area contributed by atoms with E-state index in [1.54, 1.807) is 18.4 Å². The molecule has 0 amide bonds. The van der Waals surface area contributed by atoms with Crippen LogP contribution in [-0.4, -0.2) is 16.5 Å². The second-order valence-electron chi connectivity index (χ2n) is 4.31. The van der Waals surface area contributed by atoms with Crippen LogP contribution in [0.5, 0.6) is 17.4 Å². The number of aryl methyl sites for hydroxylation is 1. The number of hydrogen-bond acceptors (Lipinski definition) is 4. The van der Waals surface area contributed by atoms with Gasteiger partial charge in [0.05, 0.1) is 13.0 Å². The average molecular weight is 309 g/mol. The van der Waals surface area contributed by atoms with Gasteiger partial charge in [-0.3, -0.25) is 4.40 Å². The largest absolute Gasteiger partial charge is 0.493 e. The number of fused-ring (bicyclic) bond motifs is 1. The average Bonchev–Trinajstić information content (AvgIpc) is 3.00. The van der Waals surface area contributed by atoms with Crippen molar-refractivity contribution in [2.75, 3.05) is 7.11 Å². The quantitative estimate of drug-likeness (QED) is 0.676. The lowest BCUT2D eigenvalue weighted by atomic mass is 10.2. The molecule has 0 atom stereocenters. The normalized spacial score (nSPS) is 10.9. The maximum atomic E-state index is 6.01. The summed E-state index contributed by atoms with van der Waals surface area (Å²) in [5.41, 5.74) is 1.95. The number of benzene rings is 1. The molecule has 2 aromatic heterocycles. The van der Waals surface area contributed by atoms with E-state index in [4.69, 9.17) is 21.1 Å². The molecule has 0 aliphatic rings. The Morgan fingerprint density at radius 1 is 1.35 bits per heavy atom. The third kappa shape index (κ3) is 2.23. The van der Waals surface area contributed by atoms with Crippen molar-refractivity contribution in [1.29, 1.82) is 0 Å². The van der Waals surface area contributed by atoms with Gasteiger partial charge in [-0.25, -0.2) is 0 Å². The lowest BCUT2D eigenvalue weighted by Crippen LogP contribution is -1.94. The van der Waals surface area contributed by atoms with Crippen LogP contribution in [0.1, 0.15) is 11.3 Å². The minimum absolute atomic E-state index is 0.335. The Hall–Kier alpha value is -1.72. The van der Waals surface area contributed by atoms with E-state index in [0.717, 1.165) is 16.2 Å². The molecule has 0 saturated heterocycles. The zero-order valence-electron chi connectivity index (χ0n) is 11.1. The predicted octanol–water partition coefficient (Wildman–Crippen LogP) is 4.24. The Labute approximate surface area is 125 Å². The Kier molecular flexibility index (Phi) is 3.54. The first kappa shape index (κ1) is 13.3. The molecule has 0 spiro atoms. The van der Waals surface area contributed by atoms with Gasteiger partial charge >= 0.3 is 0 Å². The summed E-state index contributed by atoms with van der Waals surface area (Å²) in [5.74, 6) is 2.17. The molecule has 0 radical (unpaired) electrons. The van der Waals surface area contributed by atoms with Crippen molar-refractivity contribution in [3.05, 3.63) is 41.0 Å². The summed E-state index contributed by atoms with van der Waals surface area (Å²) in [4.78, 5) is 5.32. The molecular formula is C14H13ClN2O2S. The molecule has 0 aliphatic heterocycles. The maximum absolute atomic E-state index is 6.01. The van der Waals surface area contributed by atoms with Gasteiger partial charge in [0.25, 0.3) is 0 Å². The van der Waals surface area contributed by atoms with Crippen molar-refractivity contribution >= 4 is 27.9 Å². The van der Waals surface area contributed by atoms with Crippen LogP contribution in [0.25, 0.3) is 4.96 Å². The molecule has 4 nitrogen and oxygen atoms in total. The lowest BCUT2D eigenvalue weighted by Gasteiger charge is -2.10. The fraction of sp³-hybridized carbons (Fsp3) is 0.214. The van der Waals surface area contributed by atoms with Crippen molar-refractivity contribution in [2.45, 2.75) is 12.8 Å². The highest BCUT2D eigenvalue weighted by molar-refractivity contribution is 7.15. The molecule has 3 rings (SSSR count). The van der Waals surface area contributed by atoms with Crippen molar-refractivity contribution in [3.63, 3.8) is 0 Å². The first-order valence-electron chi connectivity index (χ1n) is 6.06. The summed E-state index contributed by atoms with van der Waals surface area (Å²) in [7, 11) is 1.62. The lowest BCUT2D eigenvalue weighted by molar-refractivity contribution is 0.373. The Balaban J connectivity index is 2.02. The highest BCUT2D eigenvalue weighted by atomic mass is 35.5. The molecule has 0 N–H and O–H groups in total. The number of hydrogen-bond donors (Lipinski definition) is 0. The van der Waals surface area contributed by atoms with Gasteiger partial charge in [0.15, 0.2) is 16.5 Å². The number of rotatable bonds is 4. The molecule has 3 aromatic rings. The number of methoxy groups -OCH3 is 1. The van der Waals surface area contributed by atoms with Crippen molar-refractivity contribution in [2.24, 2.45) is 0 Å². The smallest absolute Gasteiger partial charge is 0.243 e. The molecule has 0 saturated carbocycles. The highest BCUT2D eigenvalue weighted by Crippen LogP contribution is 2.34. The molecule has 0 fully saturated rings. The highest BCUT2D eigenvalue weighted by Gasteiger charge is 2.16. The van der Waals surface area contributed by atoms with Crippen molar-refractivity contribution in [1.82, 2.24) is 9.38 Å². The van der Waals surface area contributed by atoms with E-state index in [1.165, 1.54) is 0 Å². The van der Waals surface area contributed by atoms with Crippen LogP contribution in [0.2, 0.25) is 0 Å². The van der Waals surface area contributed by atoms with E-state index >= 15 is 0 Å². The Morgan fingerprint density at radius 3 is 2.95 bits per heavy atom. The molecular weight excluding hydrogens is 296 g/mol. The van der Waals surface area contributed by atoms with Crippen LogP contribution in [0.4, 0.5) is 0 Å². The van der Waals surface area contributed by atoms with Gasteiger partial charge < -0.3 is 9.47 Å². The van der Waals surface area contributed by atoms with Gasteiger partial charge in [0, 0.05) is 11.6 Å².